The number of halogens is 1. The standard InChI is InChI=1S/C17H12BrN5O5/c1-10-16(17(24)21(20-10)13-4-2-11(18)3-5-13)9-19-12-6-14(22(25)26)8-15(7-12)23(27)28/h2-9,20H,1H3. The van der Waals surface area contributed by atoms with Crippen LogP contribution in [0, 0.1) is 27.2 Å². The van der Waals surface area contributed by atoms with E-state index in [0.29, 0.717) is 11.4 Å². The summed E-state index contributed by atoms with van der Waals surface area (Å²) in [5, 5.41) is 24.9. The number of hydrogen-bond acceptors (Lipinski definition) is 6. The Labute approximate surface area is 165 Å². The van der Waals surface area contributed by atoms with Gasteiger partial charge in [-0.25, -0.2) is 4.68 Å². The van der Waals surface area contributed by atoms with Crippen molar-refractivity contribution in [1.82, 2.24) is 9.78 Å². The summed E-state index contributed by atoms with van der Waals surface area (Å²) < 4.78 is 2.19. The number of nitro groups is 2. The van der Waals surface area contributed by atoms with Gasteiger partial charge < -0.3 is 0 Å². The highest BCUT2D eigenvalue weighted by molar-refractivity contribution is 9.10. The molecule has 0 atom stereocenters. The number of rotatable bonds is 5. The van der Waals surface area contributed by atoms with Crippen LogP contribution in [0.15, 0.2) is 56.7 Å². The minimum absolute atomic E-state index is 0.00362. The molecule has 0 fully saturated rings. The van der Waals surface area contributed by atoms with Gasteiger partial charge in [0.2, 0.25) is 0 Å². The lowest BCUT2D eigenvalue weighted by Gasteiger charge is -2.00. The molecule has 0 amide bonds. The van der Waals surface area contributed by atoms with Gasteiger partial charge in [0, 0.05) is 28.5 Å². The Bertz CT molecular complexity index is 1130. The monoisotopic (exact) mass is 445 g/mol. The first-order valence-corrected chi connectivity index (χ1v) is 8.61. The summed E-state index contributed by atoms with van der Waals surface area (Å²) in [6.07, 6.45) is 1.23. The fourth-order valence-corrected chi connectivity index (χ4v) is 2.75. The van der Waals surface area contributed by atoms with Gasteiger partial charge in [0.1, 0.15) is 0 Å². The lowest BCUT2D eigenvalue weighted by Crippen LogP contribution is -2.17. The van der Waals surface area contributed by atoms with Crippen LogP contribution in [0.3, 0.4) is 0 Å². The summed E-state index contributed by atoms with van der Waals surface area (Å²) in [4.78, 5) is 37.1. The maximum absolute atomic E-state index is 12.7. The van der Waals surface area contributed by atoms with Gasteiger partial charge in [0.15, 0.2) is 0 Å². The van der Waals surface area contributed by atoms with Gasteiger partial charge >= 0.3 is 0 Å². The molecule has 142 valence electrons. The van der Waals surface area contributed by atoms with E-state index >= 15 is 0 Å². The first-order valence-electron chi connectivity index (χ1n) is 7.82. The third-order valence-corrected chi connectivity index (χ3v) is 4.38. The number of H-pyrrole nitrogens is 1. The van der Waals surface area contributed by atoms with Crippen LogP contribution in [-0.4, -0.2) is 25.8 Å². The molecular weight excluding hydrogens is 434 g/mol. The normalized spacial score (nSPS) is 11.1. The summed E-state index contributed by atoms with van der Waals surface area (Å²) in [6, 6.07) is 10.1. The van der Waals surface area contributed by atoms with E-state index in [1.54, 1.807) is 31.2 Å². The van der Waals surface area contributed by atoms with Crippen molar-refractivity contribution >= 4 is 39.2 Å². The molecule has 0 aliphatic rings. The van der Waals surface area contributed by atoms with Crippen LogP contribution in [-0.2, 0) is 0 Å². The second-order valence-electron chi connectivity index (χ2n) is 5.75. The van der Waals surface area contributed by atoms with Crippen LogP contribution in [0.1, 0.15) is 11.3 Å². The van der Waals surface area contributed by atoms with Gasteiger partial charge in [-0.2, -0.15) is 0 Å². The van der Waals surface area contributed by atoms with Crippen LogP contribution in [0.4, 0.5) is 17.1 Å². The molecule has 11 heteroatoms. The Morgan fingerprint density at radius 3 is 2.18 bits per heavy atom. The molecule has 2 aromatic carbocycles. The number of hydrogen-bond donors (Lipinski definition) is 1. The van der Waals surface area contributed by atoms with E-state index in [9.17, 15) is 25.0 Å². The minimum atomic E-state index is -0.742. The molecule has 10 nitrogen and oxygen atoms in total. The summed E-state index contributed by atoms with van der Waals surface area (Å²) >= 11 is 3.32. The maximum atomic E-state index is 12.7. The van der Waals surface area contributed by atoms with Gasteiger partial charge in [-0.3, -0.25) is 35.1 Å². The average Bonchev–Trinajstić information content (AvgIpc) is 2.94. The Morgan fingerprint density at radius 1 is 1.07 bits per heavy atom. The topological polar surface area (TPSA) is 136 Å². The Kier molecular flexibility index (Phi) is 5.18. The molecule has 0 radical (unpaired) electrons. The smallest absolute Gasteiger partial charge is 0.280 e. The lowest BCUT2D eigenvalue weighted by atomic mass is 10.2. The summed E-state index contributed by atoms with van der Waals surface area (Å²) in [6.45, 7) is 1.67. The quantitative estimate of drug-likeness (QED) is 0.361. The highest BCUT2D eigenvalue weighted by Gasteiger charge is 2.16. The average molecular weight is 446 g/mol. The Balaban J connectivity index is 2.02. The molecule has 0 aliphatic carbocycles. The summed E-state index contributed by atoms with van der Waals surface area (Å²) in [7, 11) is 0. The van der Waals surface area contributed by atoms with Crippen LogP contribution in [0.2, 0.25) is 0 Å². The van der Waals surface area contributed by atoms with Gasteiger partial charge in [-0.15, -0.1) is 0 Å². The molecule has 0 saturated carbocycles. The van der Waals surface area contributed by atoms with E-state index in [1.807, 2.05) is 0 Å². The van der Waals surface area contributed by atoms with Gasteiger partial charge in [-0.05, 0) is 31.2 Å². The minimum Gasteiger partial charge on any atom is -0.295 e. The van der Waals surface area contributed by atoms with E-state index in [0.717, 1.165) is 22.7 Å². The fourth-order valence-electron chi connectivity index (χ4n) is 2.49. The van der Waals surface area contributed by atoms with Crippen LogP contribution in [0.5, 0.6) is 0 Å². The van der Waals surface area contributed by atoms with Crippen molar-refractivity contribution < 1.29 is 9.85 Å². The summed E-state index contributed by atoms with van der Waals surface area (Å²) in [5.74, 6) is 0. The van der Waals surface area contributed by atoms with Crippen LogP contribution in [0.25, 0.3) is 5.69 Å². The molecule has 0 unspecified atom stereocenters. The molecule has 1 N–H and O–H groups in total. The van der Waals surface area contributed by atoms with Crippen molar-refractivity contribution in [3.63, 3.8) is 0 Å². The summed E-state index contributed by atoms with van der Waals surface area (Å²) in [5.41, 5.74) is 0.0778. The van der Waals surface area contributed by atoms with E-state index in [-0.39, 0.29) is 16.8 Å². The SMILES string of the molecule is Cc1[nH]n(-c2ccc(Br)cc2)c(=O)c1C=Nc1cc([N+](=O)[O-])cc([N+](=O)[O-])c1. The number of aromatic amines is 1. The zero-order valence-corrected chi connectivity index (χ0v) is 15.9. The van der Waals surface area contributed by atoms with Crippen molar-refractivity contribution in [1.29, 1.82) is 0 Å². The number of nitrogens with zero attached hydrogens (tertiary/aromatic N) is 4. The number of benzene rings is 2. The van der Waals surface area contributed by atoms with Crippen LogP contribution < -0.4 is 5.56 Å². The van der Waals surface area contributed by atoms with Crippen molar-refractivity contribution in [2.75, 3.05) is 0 Å². The van der Waals surface area contributed by atoms with E-state index in [1.165, 1.54) is 10.9 Å². The first-order chi connectivity index (χ1) is 13.3. The fraction of sp³-hybridized carbons (Fsp3) is 0.0588. The number of aromatic nitrogens is 2. The third-order valence-electron chi connectivity index (χ3n) is 3.85. The largest absolute Gasteiger partial charge is 0.295 e. The zero-order chi connectivity index (χ0) is 20.4. The Morgan fingerprint density at radius 2 is 1.64 bits per heavy atom. The zero-order valence-electron chi connectivity index (χ0n) is 14.3. The van der Waals surface area contributed by atoms with Gasteiger partial charge in [0.25, 0.3) is 16.9 Å². The highest BCUT2D eigenvalue weighted by atomic mass is 79.9. The molecule has 0 saturated heterocycles. The molecular formula is C17H12BrN5O5. The lowest BCUT2D eigenvalue weighted by molar-refractivity contribution is -0.394. The predicted molar refractivity (Wildman–Crippen MR) is 106 cm³/mol. The van der Waals surface area contributed by atoms with Crippen molar-refractivity contribution in [3.8, 4) is 5.69 Å². The van der Waals surface area contributed by atoms with E-state index in [2.05, 4.69) is 26.0 Å². The number of aliphatic imine (C=N–C) groups is 1. The van der Waals surface area contributed by atoms with Gasteiger partial charge in [0.05, 0.1) is 32.9 Å². The number of non-ortho nitro benzene ring substituents is 2. The second kappa shape index (κ2) is 7.56. The van der Waals surface area contributed by atoms with Crippen LogP contribution >= 0.6 is 15.9 Å². The maximum Gasteiger partial charge on any atom is 0.280 e. The molecule has 3 rings (SSSR count). The Hall–Kier alpha value is -3.60. The first kappa shape index (κ1) is 19.2. The molecule has 1 heterocycles. The predicted octanol–water partition coefficient (Wildman–Crippen LogP) is 3.80. The van der Waals surface area contributed by atoms with Crippen molar-refractivity contribution in [2.45, 2.75) is 6.92 Å². The number of aryl methyl sites for hydroxylation is 1. The van der Waals surface area contributed by atoms with E-state index < -0.39 is 21.2 Å². The molecule has 0 bridgehead atoms. The second-order valence-corrected chi connectivity index (χ2v) is 6.66. The third kappa shape index (κ3) is 3.88. The number of nitrogens with one attached hydrogen (secondary N) is 1. The van der Waals surface area contributed by atoms with Crippen molar-refractivity contribution in [3.05, 3.63) is 88.8 Å². The van der Waals surface area contributed by atoms with Gasteiger partial charge in [-0.1, -0.05) is 15.9 Å². The molecule has 0 aliphatic heterocycles. The molecule has 0 spiro atoms. The number of nitro benzene ring substituents is 2. The molecule has 28 heavy (non-hydrogen) atoms. The van der Waals surface area contributed by atoms with E-state index in [4.69, 9.17) is 0 Å². The molecule has 3 aromatic rings. The molecule has 1 aromatic heterocycles. The highest BCUT2D eigenvalue weighted by Crippen LogP contribution is 2.27. The van der Waals surface area contributed by atoms with Crippen molar-refractivity contribution in [2.24, 2.45) is 4.99 Å².